The van der Waals surface area contributed by atoms with Crippen LogP contribution in [-0.4, -0.2) is 15.0 Å². The predicted octanol–water partition coefficient (Wildman–Crippen LogP) is 2.48. The molecule has 4 heteroatoms. The third-order valence-corrected chi connectivity index (χ3v) is 3.23. The van der Waals surface area contributed by atoms with Gasteiger partial charge in [0.2, 0.25) is 0 Å². The minimum Gasteiger partial charge on any atom is -0.244 e. The van der Waals surface area contributed by atoms with Crippen molar-refractivity contribution in [3.63, 3.8) is 0 Å². The van der Waals surface area contributed by atoms with Crippen LogP contribution in [0.15, 0.2) is 24.1 Å². The molecule has 3 rings (SSSR count). The molecule has 1 fully saturated rings. The molecule has 14 heavy (non-hydrogen) atoms. The van der Waals surface area contributed by atoms with Gasteiger partial charge in [-0.1, -0.05) is 0 Å². The number of thiazole rings is 1. The van der Waals surface area contributed by atoms with Crippen LogP contribution in [0, 0.1) is 0 Å². The minimum atomic E-state index is 0.727. The lowest BCUT2D eigenvalue weighted by molar-refractivity contribution is 1.05. The number of hydrogen-bond acceptors (Lipinski definition) is 4. The molecular formula is C10H9N3S. The third-order valence-electron chi connectivity index (χ3n) is 2.33. The van der Waals surface area contributed by atoms with E-state index in [4.69, 9.17) is 0 Å². The zero-order valence-electron chi connectivity index (χ0n) is 7.55. The van der Waals surface area contributed by atoms with Gasteiger partial charge >= 0.3 is 0 Å². The summed E-state index contributed by atoms with van der Waals surface area (Å²) >= 11 is 1.68. The molecule has 1 aliphatic rings. The molecule has 0 spiro atoms. The van der Waals surface area contributed by atoms with Gasteiger partial charge in [0.1, 0.15) is 11.3 Å². The minimum absolute atomic E-state index is 0.727. The monoisotopic (exact) mass is 203 g/mol. The first-order valence-electron chi connectivity index (χ1n) is 4.64. The van der Waals surface area contributed by atoms with Gasteiger partial charge in [0.15, 0.2) is 0 Å². The van der Waals surface area contributed by atoms with Crippen LogP contribution in [0.4, 0.5) is 0 Å². The van der Waals surface area contributed by atoms with Gasteiger partial charge in [0, 0.05) is 29.3 Å². The van der Waals surface area contributed by atoms with Gasteiger partial charge in [0.25, 0.3) is 0 Å². The van der Waals surface area contributed by atoms with Gasteiger partial charge in [-0.3, -0.25) is 0 Å². The highest BCUT2D eigenvalue weighted by Crippen LogP contribution is 2.41. The second kappa shape index (κ2) is 3.13. The van der Waals surface area contributed by atoms with E-state index in [0.717, 1.165) is 16.5 Å². The van der Waals surface area contributed by atoms with Gasteiger partial charge in [-0.05, 0) is 12.8 Å². The molecule has 0 N–H and O–H groups in total. The molecule has 0 saturated heterocycles. The molecule has 0 unspecified atom stereocenters. The van der Waals surface area contributed by atoms with Crippen molar-refractivity contribution >= 4 is 11.3 Å². The molecule has 1 saturated carbocycles. The van der Waals surface area contributed by atoms with Crippen molar-refractivity contribution in [2.24, 2.45) is 0 Å². The van der Waals surface area contributed by atoms with Crippen molar-refractivity contribution in [3.8, 4) is 10.6 Å². The van der Waals surface area contributed by atoms with Gasteiger partial charge < -0.3 is 0 Å². The number of hydrogen-bond donors (Lipinski definition) is 0. The summed E-state index contributed by atoms with van der Waals surface area (Å²) in [4.78, 5) is 12.6. The topological polar surface area (TPSA) is 38.7 Å². The highest BCUT2D eigenvalue weighted by Gasteiger charge is 2.26. The van der Waals surface area contributed by atoms with E-state index in [9.17, 15) is 0 Å². The number of rotatable bonds is 2. The first-order valence-corrected chi connectivity index (χ1v) is 5.52. The summed E-state index contributed by atoms with van der Waals surface area (Å²) in [5, 5.41) is 3.19. The van der Waals surface area contributed by atoms with E-state index in [-0.39, 0.29) is 0 Å². The summed E-state index contributed by atoms with van der Waals surface area (Å²) in [5.74, 6) is 0.727. The van der Waals surface area contributed by atoms with Crippen LogP contribution in [0.25, 0.3) is 10.6 Å². The SMILES string of the molecule is c1ncc(-c2nc(C3CC3)cs2)cn1. The van der Waals surface area contributed by atoms with E-state index in [1.807, 2.05) is 12.4 Å². The Labute approximate surface area is 85.9 Å². The summed E-state index contributed by atoms with van der Waals surface area (Å²) in [6, 6.07) is 0. The molecule has 0 aromatic carbocycles. The largest absolute Gasteiger partial charge is 0.244 e. The van der Waals surface area contributed by atoms with E-state index in [2.05, 4.69) is 20.3 Å². The fourth-order valence-corrected chi connectivity index (χ4v) is 2.27. The molecule has 2 heterocycles. The number of aromatic nitrogens is 3. The molecule has 0 bridgehead atoms. The fraction of sp³-hybridized carbons (Fsp3) is 0.300. The molecule has 0 radical (unpaired) electrons. The molecule has 3 nitrogen and oxygen atoms in total. The fourth-order valence-electron chi connectivity index (χ4n) is 1.39. The summed E-state index contributed by atoms with van der Waals surface area (Å²) in [6.07, 6.45) is 7.76. The Morgan fingerprint density at radius 2 is 2.00 bits per heavy atom. The highest BCUT2D eigenvalue weighted by atomic mass is 32.1. The van der Waals surface area contributed by atoms with Crippen LogP contribution in [0.3, 0.4) is 0 Å². The molecule has 2 aromatic rings. The molecule has 2 aromatic heterocycles. The van der Waals surface area contributed by atoms with E-state index < -0.39 is 0 Å². The van der Waals surface area contributed by atoms with Crippen LogP contribution >= 0.6 is 11.3 Å². The average molecular weight is 203 g/mol. The molecule has 1 aliphatic carbocycles. The van der Waals surface area contributed by atoms with Gasteiger partial charge in [-0.15, -0.1) is 11.3 Å². The van der Waals surface area contributed by atoms with Crippen molar-refractivity contribution in [1.29, 1.82) is 0 Å². The Kier molecular flexibility index (Phi) is 1.80. The van der Waals surface area contributed by atoms with E-state index in [1.54, 1.807) is 17.7 Å². The predicted molar refractivity (Wildman–Crippen MR) is 55.1 cm³/mol. The van der Waals surface area contributed by atoms with Crippen molar-refractivity contribution in [2.45, 2.75) is 18.8 Å². The maximum atomic E-state index is 4.58. The second-order valence-corrected chi connectivity index (χ2v) is 4.34. The van der Waals surface area contributed by atoms with Crippen LogP contribution < -0.4 is 0 Å². The first kappa shape index (κ1) is 8.05. The average Bonchev–Trinajstić information content (AvgIpc) is 2.98. The molecule has 70 valence electrons. The van der Waals surface area contributed by atoms with Crippen molar-refractivity contribution in [2.75, 3.05) is 0 Å². The smallest absolute Gasteiger partial charge is 0.126 e. The molecule has 0 atom stereocenters. The Morgan fingerprint density at radius 1 is 1.21 bits per heavy atom. The van der Waals surface area contributed by atoms with Crippen LogP contribution in [0.2, 0.25) is 0 Å². The maximum Gasteiger partial charge on any atom is 0.126 e. The van der Waals surface area contributed by atoms with Crippen molar-refractivity contribution in [3.05, 3.63) is 29.8 Å². The third kappa shape index (κ3) is 1.42. The van der Waals surface area contributed by atoms with Crippen LogP contribution in [-0.2, 0) is 0 Å². The van der Waals surface area contributed by atoms with Crippen molar-refractivity contribution in [1.82, 2.24) is 15.0 Å². The Hall–Kier alpha value is -1.29. The Balaban J connectivity index is 1.96. The standard InChI is InChI=1S/C10H9N3S/c1-2-7(1)9-5-14-10(13-9)8-3-11-6-12-4-8/h3-7H,1-2H2. The quantitative estimate of drug-likeness (QED) is 0.752. The van der Waals surface area contributed by atoms with Gasteiger partial charge in [-0.25, -0.2) is 15.0 Å². The van der Waals surface area contributed by atoms with E-state index in [0.29, 0.717) is 0 Å². The second-order valence-electron chi connectivity index (χ2n) is 3.48. The lowest BCUT2D eigenvalue weighted by Gasteiger charge is -1.92. The zero-order valence-corrected chi connectivity index (χ0v) is 8.37. The van der Waals surface area contributed by atoms with Gasteiger partial charge in [-0.2, -0.15) is 0 Å². The zero-order chi connectivity index (χ0) is 9.38. The van der Waals surface area contributed by atoms with E-state index in [1.165, 1.54) is 18.5 Å². The van der Waals surface area contributed by atoms with Crippen molar-refractivity contribution < 1.29 is 0 Å². The normalized spacial score (nSPS) is 15.7. The highest BCUT2D eigenvalue weighted by molar-refractivity contribution is 7.13. The lowest BCUT2D eigenvalue weighted by Crippen LogP contribution is -1.82. The molecule has 0 aliphatic heterocycles. The first-order chi connectivity index (χ1) is 6.93. The lowest BCUT2D eigenvalue weighted by atomic mass is 10.3. The summed E-state index contributed by atoms with van der Waals surface area (Å²) in [6.45, 7) is 0. The summed E-state index contributed by atoms with van der Waals surface area (Å²) in [5.41, 5.74) is 2.26. The summed E-state index contributed by atoms with van der Waals surface area (Å²) in [7, 11) is 0. The summed E-state index contributed by atoms with van der Waals surface area (Å²) < 4.78 is 0. The van der Waals surface area contributed by atoms with Crippen LogP contribution in [0.1, 0.15) is 24.5 Å². The molecule has 0 amide bonds. The van der Waals surface area contributed by atoms with Crippen LogP contribution in [0.5, 0.6) is 0 Å². The van der Waals surface area contributed by atoms with E-state index >= 15 is 0 Å². The molecular weight excluding hydrogens is 194 g/mol. The maximum absolute atomic E-state index is 4.58. The number of nitrogens with zero attached hydrogens (tertiary/aromatic N) is 3. The Bertz CT molecular complexity index is 434. The Morgan fingerprint density at radius 3 is 2.71 bits per heavy atom. The van der Waals surface area contributed by atoms with Gasteiger partial charge in [0.05, 0.1) is 5.69 Å².